The summed E-state index contributed by atoms with van der Waals surface area (Å²) in [4.78, 5) is 19.0. The molecule has 1 aliphatic heterocycles. The molecule has 5 rings (SSSR count). The number of aromatic nitrogens is 3. The molecule has 0 aromatic carbocycles. The van der Waals surface area contributed by atoms with E-state index in [1.54, 1.807) is 17.6 Å². The van der Waals surface area contributed by atoms with E-state index in [1.165, 1.54) is 5.70 Å². The SMILES string of the molecule is C=C/C(=C1/CN(C)CCN1)c1cnc2c(c1)C(c1ccn3ncc(C(C)=O)c3c1)=CC2. The van der Waals surface area contributed by atoms with Crippen molar-refractivity contribution in [3.8, 4) is 0 Å². The van der Waals surface area contributed by atoms with E-state index in [9.17, 15) is 4.79 Å². The number of allylic oxidation sites excluding steroid dienone is 3. The van der Waals surface area contributed by atoms with Gasteiger partial charge >= 0.3 is 0 Å². The van der Waals surface area contributed by atoms with Crippen molar-refractivity contribution in [3.05, 3.63) is 89.2 Å². The molecule has 1 N–H and O–H groups in total. The first kappa shape index (κ1) is 19.5. The molecule has 1 saturated heterocycles. The van der Waals surface area contributed by atoms with Gasteiger partial charge in [-0.25, -0.2) is 4.52 Å². The number of nitrogens with zero attached hydrogens (tertiary/aromatic N) is 4. The van der Waals surface area contributed by atoms with Crippen molar-refractivity contribution in [2.24, 2.45) is 0 Å². The Morgan fingerprint density at radius 2 is 2.16 bits per heavy atom. The van der Waals surface area contributed by atoms with Gasteiger partial charge in [0.25, 0.3) is 0 Å². The monoisotopic (exact) mass is 411 g/mol. The maximum Gasteiger partial charge on any atom is 0.163 e. The summed E-state index contributed by atoms with van der Waals surface area (Å²) in [6, 6.07) is 6.30. The Kier molecular flexibility index (Phi) is 4.79. The number of hydrogen-bond donors (Lipinski definition) is 1. The minimum absolute atomic E-state index is 0.0177. The van der Waals surface area contributed by atoms with Gasteiger partial charge in [-0.2, -0.15) is 5.10 Å². The summed E-state index contributed by atoms with van der Waals surface area (Å²) in [6.07, 6.45) is 10.4. The molecule has 6 heteroatoms. The van der Waals surface area contributed by atoms with Crippen LogP contribution in [0.15, 0.2) is 61.2 Å². The number of rotatable bonds is 4. The van der Waals surface area contributed by atoms with Crippen LogP contribution in [-0.4, -0.2) is 52.0 Å². The van der Waals surface area contributed by atoms with E-state index in [1.807, 2.05) is 30.6 Å². The molecule has 1 aliphatic carbocycles. The summed E-state index contributed by atoms with van der Waals surface area (Å²) in [7, 11) is 2.13. The van der Waals surface area contributed by atoms with Crippen molar-refractivity contribution in [3.63, 3.8) is 0 Å². The summed E-state index contributed by atoms with van der Waals surface area (Å²) < 4.78 is 1.75. The lowest BCUT2D eigenvalue weighted by molar-refractivity contribution is 0.101. The molecule has 1 fully saturated rings. The van der Waals surface area contributed by atoms with Gasteiger partial charge in [-0.1, -0.05) is 18.7 Å². The van der Waals surface area contributed by atoms with E-state index in [2.05, 4.69) is 41.1 Å². The standard InChI is InChI=1S/C25H25N5O/c1-4-19(24-15-29(3)10-8-26-24)18-11-21-20(5-6-23(21)27-13-18)17-7-9-30-25(12-17)22(14-28-30)16(2)31/h4-5,7,9,11-14,26H,1,6,8,10,15H2,2-3H3/b24-19+. The van der Waals surface area contributed by atoms with Crippen LogP contribution in [0.3, 0.4) is 0 Å². The lowest BCUT2D eigenvalue weighted by Crippen LogP contribution is -2.40. The number of nitrogens with one attached hydrogen (secondary N) is 1. The minimum atomic E-state index is 0.0177. The van der Waals surface area contributed by atoms with Crippen molar-refractivity contribution < 1.29 is 4.79 Å². The summed E-state index contributed by atoms with van der Waals surface area (Å²) in [5, 5.41) is 7.82. The van der Waals surface area contributed by atoms with Gasteiger partial charge in [-0.05, 0) is 43.3 Å². The molecule has 3 aromatic rings. The zero-order valence-electron chi connectivity index (χ0n) is 17.9. The van der Waals surface area contributed by atoms with Gasteiger partial charge in [-0.15, -0.1) is 0 Å². The topological polar surface area (TPSA) is 62.5 Å². The van der Waals surface area contributed by atoms with Gasteiger partial charge in [0.05, 0.1) is 23.0 Å². The molecule has 2 aliphatic rings. The van der Waals surface area contributed by atoms with Crippen LogP contribution in [0.2, 0.25) is 0 Å². The van der Waals surface area contributed by atoms with Crippen LogP contribution in [0.25, 0.3) is 16.7 Å². The van der Waals surface area contributed by atoms with E-state index in [0.29, 0.717) is 5.56 Å². The number of carbonyl (C=O) groups excluding carboxylic acids is 1. The molecule has 0 unspecified atom stereocenters. The Morgan fingerprint density at radius 1 is 1.29 bits per heavy atom. The molecule has 0 spiro atoms. The van der Waals surface area contributed by atoms with Gasteiger partial charge < -0.3 is 5.32 Å². The van der Waals surface area contributed by atoms with Crippen molar-refractivity contribution in [1.29, 1.82) is 0 Å². The van der Waals surface area contributed by atoms with Crippen LogP contribution < -0.4 is 5.32 Å². The van der Waals surface area contributed by atoms with Crippen molar-refractivity contribution >= 4 is 22.4 Å². The Labute approximate surface area is 181 Å². The van der Waals surface area contributed by atoms with Crippen LogP contribution in [0.4, 0.5) is 0 Å². The maximum absolute atomic E-state index is 12.0. The van der Waals surface area contributed by atoms with Gasteiger partial charge in [0.2, 0.25) is 0 Å². The Bertz CT molecular complexity index is 1280. The summed E-state index contributed by atoms with van der Waals surface area (Å²) >= 11 is 0. The number of pyridine rings is 2. The van der Waals surface area contributed by atoms with E-state index < -0.39 is 0 Å². The van der Waals surface area contributed by atoms with E-state index in [-0.39, 0.29) is 5.78 Å². The molecule has 6 nitrogen and oxygen atoms in total. The number of likely N-dealkylation sites (N-methyl/N-ethyl adjacent to an activating group) is 1. The summed E-state index contributed by atoms with van der Waals surface area (Å²) in [6.45, 7) is 8.46. The largest absolute Gasteiger partial charge is 0.386 e. The van der Waals surface area contributed by atoms with Crippen LogP contribution in [0.1, 0.15) is 39.7 Å². The second kappa shape index (κ2) is 7.63. The number of piperazine rings is 1. The first-order chi connectivity index (χ1) is 15.0. The summed E-state index contributed by atoms with van der Waals surface area (Å²) in [5.41, 5.74) is 9.22. The number of Topliss-reactive ketones (excluding diaryl/α,β-unsaturated/α-hetero) is 1. The molecule has 0 atom stereocenters. The minimum Gasteiger partial charge on any atom is -0.386 e. The summed E-state index contributed by atoms with van der Waals surface area (Å²) in [5.74, 6) is 0.0177. The molecule has 0 amide bonds. The fourth-order valence-corrected chi connectivity index (χ4v) is 4.44. The smallest absolute Gasteiger partial charge is 0.163 e. The van der Waals surface area contributed by atoms with Gasteiger partial charge in [0.1, 0.15) is 0 Å². The van der Waals surface area contributed by atoms with E-state index in [0.717, 1.165) is 65.1 Å². The van der Waals surface area contributed by atoms with Crippen molar-refractivity contribution in [1.82, 2.24) is 24.8 Å². The highest BCUT2D eigenvalue weighted by molar-refractivity contribution is 6.01. The fraction of sp³-hybridized carbons (Fsp3) is 0.240. The molecule has 0 saturated carbocycles. The lowest BCUT2D eigenvalue weighted by Gasteiger charge is -2.28. The van der Waals surface area contributed by atoms with Crippen LogP contribution in [-0.2, 0) is 6.42 Å². The molecule has 31 heavy (non-hydrogen) atoms. The molecule has 0 radical (unpaired) electrons. The van der Waals surface area contributed by atoms with Gasteiger partial charge in [0.15, 0.2) is 5.78 Å². The van der Waals surface area contributed by atoms with Crippen LogP contribution in [0, 0.1) is 0 Å². The number of hydrogen-bond acceptors (Lipinski definition) is 5. The maximum atomic E-state index is 12.0. The third kappa shape index (κ3) is 3.39. The molecular weight excluding hydrogens is 386 g/mol. The van der Waals surface area contributed by atoms with Crippen LogP contribution in [0.5, 0.6) is 0 Å². The zero-order chi connectivity index (χ0) is 21.5. The van der Waals surface area contributed by atoms with Crippen molar-refractivity contribution in [2.45, 2.75) is 13.3 Å². The highest BCUT2D eigenvalue weighted by Gasteiger charge is 2.21. The quantitative estimate of drug-likeness (QED) is 0.667. The van der Waals surface area contributed by atoms with E-state index >= 15 is 0 Å². The second-order valence-electron chi connectivity index (χ2n) is 8.16. The molecule has 156 valence electrons. The first-order valence-electron chi connectivity index (χ1n) is 10.5. The predicted octanol–water partition coefficient (Wildman–Crippen LogP) is 3.35. The van der Waals surface area contributed by atoms with Crippen LogP contribution >= 0.6 is 0 Å². The average molecular weight is 412 g/mol. The highest BCUT2D eigenvalue weighted by Crippen LogP contribution is 2.34. The molecule has 4 heterocycles. The Hall–Kier alpha value is -3.51. The Morgan fingerprint density at radius 3 is 2.94 bits per heavy atom. The number of fused-ring (bicyclic) bond motifs is 2. The molecular formula is C25H25N5O. The average Bonchev–Trinajstić information content (AvgIpc) is 3.38. The lowest BCUT2D eigenvalue weighted by atomic mass is 9.96. The van der Waals surface area contributed by atoms with Crippen molar-refractivity contribution in [2.75, 3.05) is 26.7 Å². The number of ketones is 1. The van der Waals surface area contributed by atoms with Gasteiger partial charge in [0, 0.05) is 60.8 Å². The highest BCUT2D eigenvalue weighted by atomic mass is 16.1. The fourth-order valence-electron chi connectivity index (χ4n) is 4.44. The normalized spacial score (nSPS) is 17.8. The predicted molar refractivity (Wildman–Crippen MR) is 123 cm³/mol. The number of carbonyl (C=O) groups is 1. The molecule has 3 aromatic heterocycles. The third-order valence-corrected chi connectivity index (χ3v) is 6.07. The van der Waals surface area contributed by atoms with Gasteiger partial charge in [-0.3, -0.25) is 14.7 Å². The van der Waals surface area contributed by atoms with E-state index in [4.69, 9.17) is 4.98 Å². The zero-order valence-corrected chi connectivity index (χ0v) is 17.9. The second-order valence-corrected chi connectivity index (χ2v) is 8.16. The third-order valence-electron chi connectivity index (χ3n) is 6.07. The Balaban J connectivity index is 1.57. The first-order valence-corrected chi connectivity index (χ1v) is 10.5. The molecule has 0 bridgehead atoms.